The zero-order valence-corrected chi connectivity index (χ0v) is 21.0. The second-order valence-corrected chi connectivity index (χ2v) is 10.6. The molecule has 2 heterocycles. The van der Waals surface area contributed by atoms with Gasteiger partial charge in [0.1, 0.15) is 10.4 Å². The van der Waals surface area contributed by atoms with Crippen LogP contribution in [0.25, 0.3) is 10.1 Å². The maximum absolute atomic E-state index is 13.0. The van der Waals surface area contributed by atoms with E-state index in [1.807, 2.05) is 19.1 Å². The van der Waals surface area contributed by atoms with Crippen LogP contribution in [0.3, 0.4) is 0 Å². The quantitative estimate of drug-likeness (QED) is 0.413. The molecule has 2 amide bonds. The van der Waals surface area contributed by atoms with Crippen molar-refractivity contribution < 1.29 is 19.1 Å². The Bertz CT molecular complexity index is 1130. The van der Waals surface area contributed by atoms with Gasteiger partial charge in [0.2, 0.25) is 0 Å². The standard InChI is InChI=1S/C24H27ClN2O4S2/c1-3-26-23(29)31-15-8-10-24(11-9-15,18-13-32-19-7-5-4-6-16(18)19)14-27-22(28)17-12-33-21(25)20(17)30-2/h4-7,12-13,15H,3,8-11,14H2,1-2H3,(H,26,29)(H,27,28). The van der Waals surface area contributed by atoms with Crippen LogP contribution < -0.4 is 15.4 Å². The minimum absolute atomic E-state index is 0.124. The molecule has 1 aromatic carbocycles. The molecule has 0 unspecified atom stereocenters. The number of benzene rings is 1. The largest absolute Gasteiger partial charge is 0.493 e. The highest BCUT2D eigenvalue weighted by Crippen LogP contribution is 2.45. The molecule has 0 spiro atoms. The summed E-state index contributed by atoms with van der Waals surface area (Å²) < 4.78 is 12.6. The number of hydrogen-bond acceptors (Lipinski definition) is 6. The Kier molecular flexibility index (Phi) is 7.46. The fourth-order valence-corrected chi connectivity index (χ4v) is 6.68. The van der Waals surface area contributed by atoms with E-state index in [9.17, 15) is 9.59 Å². The second kappa shape index (κ2) is 10.3. The Morgan fingerprint density at radius 1 is 1.15 bits per heavy atom. The molecule has 3 aromatic rings. The number of carbonyl (C=O) groups excluding carboxylic acids is 2. The highest BCUT2D eigenvalue weighted by molar-refractivity contribution is 7.17. The Morgan fingerprint density at radius 3 is 2.64 bits per heavy atom. The lowest BCUT2D eigenvalue weighted by Gasteiger charge is -2.40. The topological polar surface area (TPSA) is 76.7 Å². The number of halogens is 1. The van der Waals surface area contributed by atoms with Gasteiger partial charge in [-0.05, 0) is 55.0 Å². The lowest BCUT2D eigenvalue weighted by atomic mass is 9.68. The van der Waals surface area contributed by atoms with Crippen LogP contribution in [0.15, 0.2) is 35.0 Å². The van der Waals surface area contributed by atoms with Crippen molar-refractivity contribution in [1.29, 1.82) is 0 Å². The van der Waals surface area contributed by atoms with Crippen molar-refractivity contribution in [2.45, 2.75) is 44.1 Å². The van der Waals surface area contributed by atoms with Crippen LogP contribution in [0.5, 0.6) is 5.75 Å². The number of rotatable bonds is 7. The molecule has 0 radical (unpaired) electrons. The normalized spacial score (nSPS) is 20.4. The minimum atomic E-state index is -0.370. The van der Waals surface area contributed by atoms with Gasteiger partial charge in [0.25, 0.3) is 5.91 Å². The molecule has 176 valence electrons. The summed E-state index contributed by atoms with van der Waals surface area (Å²) in [7, 11) is 1.51. The van der Waals surface area contributed by atoms with Crippen molar-refractivity contribution >= 4 is 56.4 Å². The third kappa shape index (κ3) is 4.98. The number of methoxy groups -OCH3 is 1. The van der Waals surface area contributed by atoms with Gasteiger partial charge in [-0.1, -0.05) is 29.8 Å². The van der Waals surface area contributed by atoms with Gasteiger partial charge in [-0.3, -0.25) is 4.79 Å². The molecule has 2 N–H and O–H groups in total. The summed E-state index contributed by atoms with van der Waals surface area (Å²) in [4.78, 5) is 24.9. The van der Waals surface area contributed by atoms with Crippen molar-refractivity contribution in [2.75, 3.05) is 20.2 Å². The van der Waals surface area contributed by atoms with Crippen molar-refractivity contribution in [3.8, 4) is 5.75 Å². The smallest absolute Gasteiger partial charge is 0.407 e. The van der Waals surface area contributed by atoms with E-state index >= 15 is 0 Å². The molecule has 0 bridgehead atoms. The van der Waals surface area contributed by atoms with Gasteiger partial charge in [0, 0.05) is 28.6 Å². The molecule has 0 aliphatic heterocycles. The van der Waals surface area contributed by atoms with Gasteiger partial charge in [-0.2, -0.15) is 0 Å². The number of thiophene rings is 2. The molecule has 0 atom stereocenters. The van der Waals surface area contributed by atoms with Gasteiger partial charge in [0.15, 0.2) is 5.75 Å². The molecule has 1 saturated carbocycles. The Hall–Kier alpha value is -2.29. The summed E-state index contributed by atoms with van der Waals surface area (Å²) in [6.07, 6.45) is 2.60. The van der Waals surface area contributed by atoms with Gasteiger partial charge < -0.3 is 20.1 Å². The fraction of sp³-hybridized carbons (Fsp3) is 0.417. The first-order valence-electron chi connectivity index (χ1n) is 11.0. The molecule has 1 aliphatic carbocycles. The predicted octanol–water partition coefficient (Wildman–Crippen LogP) is 5.98. The van der Waals surface area contributed by atoms with E-state index in [-0.39, 0.29) is 23.5 Å². The first-order valence-corrected chi connectivity index (χ1v) is 13.1. The van der Waals surface area contributed by atoms with E-state index in [1.54, 1.807) is 16.7 Å². The summed E-state index contributed by atoms with van der Waals surface area (Å²) in [5, 5.41) is 11.0. The van der Waals surface area contributed by atoms with Crippen LogP contribution in [-0.4, -0.2) is 38.3 Å². The third-order valence-corrected chi connectivity index (χ3v) is 8.42. The molecular formula is C24H27ClN2O4S2. The molecule has 9 heteroatoms. The molecule has 1 fully saturated rings. The molecule has 1 aliphatic rings. The van der Waals surface area contributed by atoms with Gasteiger partial charge in [-0.25, -0.2) is 4.79 Å². The highest BCUT2D eigenvalue weighted by Gasteiger charge is 2.40. The van der Waals surface area contributed by atoms with E-state index in [1.165, 1.54) is 34.1 Å². The number of hydrogen-bond donors (Lipinski definition) is 2. The monoisotopic (exact) mass is 506 g/mol. The molecule has 6 nitrogen and oxygen atoms in total. The number of ether oxygens (including phenoxy) is 2. The Labute approximate surface area is 206 Å². The maximum Gasteiger partial charge on any atom is 0.407 e. The van der Waals surface area contributed by atoms with Crippen molar-refractivity contribution in [1.82, 2.24) is 10.6 Å². The van der Waals surface area contributed by atoms with Gasteiger partial charge >= 0.3 is 6.09 Å². The van der Waals surface area contributed by atoms with Crippen molar-refractivity contribution in [3.05, 3.63) is 50.5 Å². The third-order valence-electron chi connectivity index (χ3n) is 6.28. The summed E-state index contributed by atoms with van der Waals surface area (Å²) in [6.45, 7) is 2.89. The Balaban J connectivity index is 1.56. The van der Waals surface area contributed by atoms with Crippen LogP contribution in [-0.2, 0) is 10.2 Å². The van der Waals surface area contributed by atoms with Crippen LogP contribution in [0, 0.1) is 0 Å². The molecular weight excluding hydrogens is 480 g/mol. The lowest BCUT2D eigenvalue weighted by molar-refractivity contribution is 0.0570. The van der Waals surface area contributed by atoms with Gasteiger partial charge in [0.05, 0.1) is 12.7 Å². The number of fused-ring (bicyclic) bond motifs is 1. The van der Waals surface area contributed by atoms with Crippen molar-refractivity contribution in [3.63, 3.8) is 0 Å². The molecule has 2 aromatic heterocycles. The van der Waals surface area contributed by atoms with E-state index in [4.69, 9.17) is 21.1 Å². The van der Waals surface area contributed by atoms with E-state index in [0.717, 1.165) is 25.7 Å². The van der Waals surface area contributed by atoms with Crippen LogP contribution in [0.2, 0.25) is 4.34 Å². The average molecular weight is 507 g/mol. The van der Waals surface area contributed by atoms with Crippen LogP contribution >= 0.6 is 34.3 Å². The lowest BCUT2D eigenvalue weighted by Crippen LogP contribution is -2.45. The number of alkyl carbamates (subject to hydrolysis) is 1. The van der Waals surface area contributed by atoms with Crippen LogP contribution in [0.1, 0.15) is 48.5 Å². The molecule has 4 rings (SSSR count). The van der Waals surface area contributed by atoms with Crippen LogP contribution in [0.4, 0.5) is 4.79 Å². The number of nitrogens with one attached hydrogen (secondary N) is 2. The predicted molar refractivity (Wildman–Crippen MR) is 134 cm³/mol. The summed E-state index contributed by atoms with van der Waals surface area (Å²) in [5.74, 6) is 0.211. The zero-order chi connectivity index (χ0) is 23.4. The van der Waals surface area contributed by atoms with E-state index in [0.29, 0.717) is 28.7 Å². The molecule has 33 heavy (non-hydrogen) atoms. The maximum atomic E-state index is 13.0. The Morgan fingerprint density at radius 2 is 1.91 bits per heavy atom. The highest BCUT2D eigenvalue weighted by atomic mass is 35.5. The number of carbonyl (C=O) groups is 2. The second-order valence-electron chi connectivity index (χ2n) is 8.20. The van der Waals surface area contributed by atoms with E-state index < -0.39 is 0 Å². The first kappa shape index (κ1) is 23.9. The fourth-order valence-electron chi connectivity index (χ4n) is 4.54. The van der Waals surface area contributed by atoms with Gasteiger partial charge in [-0.15, -0.1) is 22.7 Å². The minimum Gasteiger partial charge on any atom is -0.493 e. The first-order chi connectivity index (χ1) is 16.0. The zero-order valence-electron chi connectivity index (χ0n) is 18.6. The number of amides is 2. The van der Waals surface area contributed by atoms with Crippen molar-refractivity contribution in [2.24, 2.45) is 0 Å². The SMILES string of the molecule is CCNC(=O)OC1CCC(CNC(=O)c2csc(Cl)c2OC)(c2csc3ccccc23)CC1. The average Bonchev–Trinajstić information content (AvgIpc) is 3.42. The summed E-state index contributed by atoms with van der Waals surface area (Å²) in [5.41, 5.74) is 1.45. The molecule has 0 saturated heterocycles. The summed E-state index contributed by atoms with van der Waals surface area (Å²) >= 11 is 9.16. The summed E-state index contributed by atoms with van der Waals surface area (Å²) in [6, 6.07) is 8.36. The van der Waals surface area contributed by atoms with E-state index in [2.05, 4.69) is 28.1 Å².